The summed E-state index contributed by atoms with van der Waals surface area (Å²) in [7, 11) is 2.03. The minimum atomic E-state index is 0.699. The van der Waals surface area contributed by atoms with E-state index in [0.29, 0.717) is 5.82 Å². The number of nitrogens with two attached hydrogens (primary N) is 1. The van der Waals surface area contributed by atoms with Crippen LogP contribution in [0.4, 0.5) is 11.6 Å². The molecule has 2 aromatic rings. The summed E-state index contributed by atoms with van der Waals surface area (Å²) in [6, 6.07) is 0. The fourth-order valence-electron chi connectivity index (χ4n) is 2.10. The summed E-state index contributed by atoms with van der Waals surface area (Å²) in [5.74, 6) is 7.16. The zero-order valence-corrected chi connectivity index (χ0v) is 12.9. The molecule has 0 bridgehead atoms. The fraction of sp³-hybridized carbons (Fsp3) is 0.462. The number of nitrogen functional groups attached to an aromatic ring is 1. The number of hydrazine groups is 1. The topological polar surface area (TPSA) is 80.0 Å². The fourth-order valence-corrected chi connectivity index (χ4v) is 2.93. The molecule has 0 aliphatic rings. The second-order valence-corrected chi connectivity index (χ2v) is 5.58. The van der Waals surface area contributed by atoms with Crippen molar-refractivity contribution < 1.29 is 0 Å². The Hall–Kier alpha value is -1.73. The van der Waals surface area contributed by atoms with Crippen LogP contribution in [0.1, 0.15) is 29.5 Å². The van der Waals surface area contributed by atoms with Crippen LogP contribution >= 0.6 is 11.3 Å². The molecule has 0 aliphatic heterocycles. The second-order valence-electron chi connectivity index (χ2n) is 4.64. The van der Waals surface area contributed by atoms with Crippen molar-refractivity contribution in [2.75, 3.05) is 17.4 Å². The monoisotopic (exact) mass is 292 g/mol. The average Bonchev–Trinajstić information content (AvgIpc) is 2.84. The van der Waals surface area contributed by atoms with Crippen molar-refractivity contribution in [3.05, 3.63) is 28.0 Å². The van der Waals surface area contributed by atoms with Gasteiger partial charge in [0, 0.05) is 17.5 Å². The van der Waals surface area contributed by atoms with E-state index in [1.807, 2.05) is 19.5 Å². The van der Waals surface area contributed by atoms with Gasteiger partial charge in [-0.2, -0.15) is 0 Å². The maximum atomic E-state index is 5.54. The Labute approximate surface area is 123 Å². The highest BCUT2D eigenvalue weighted by atomic mass is 32.1. The first-order valence-corrected chi connectivity index (χ1v) is 7.45. The molecule has 0 saturated carbocycles. The molecule has 0 amide bonds. The molecule has 0 fully saturated rings. The van der Waals surface area contributed by atoms with Crippen LogP contribution in [0.5, 0.6) is 0 Å². The highest BCUT2D eigenvalue weighted by molar-refractivity contribution is 7.09. The van der Waals surface area contributed by atoms with E-state index in [9.17, 15) is 0 Å². The summed E-state index contributed by atoms with van der Waals surface area (Å²) in [5.41, 5.74) is 6.66. The van der Waals surface area contributed by atoms with Crippen LogP contribution in [0.15, 0.2) is 11.8 Å². The van der Waals surface area contributed by atoms with E-state index in [1.54, 1.807) is 17.7 Å². The molecule has 2 aromatic heterocycles. The van der Waals surface area contributed by atoms with Gasteiger partial charge in [0.15, 0.2) is 0 Å². The quantitative estimate of drug-likeness (QED) is 0.627. The van der Waals surface area contributed by atoms with E-state index < -0.39 is 0 Å². The van der Waals surface area contributed by atoms with Crippen LogP contribution in [0.2, 0.25) is 0 Å². The average molecular weight is 292 g/mol. The molecule has 0 spiro atoms. The van der Waals surface area contributed by atoms with Gasteiger partial charge in [-0.15, -0.1) is 11.3 Å². The predicted molar refractivity (Wildman–Crippen MR) is 82.8 cm³/mol. The van der Waals surface area contributed by atoms with Gasteiger partial charge in [-0.3, -0.25) is 0 Å². The minimum Gasteiger partial charge on any atom is -0.354 e. The van der Waals surface area contributed by atoms with Gasteiger partial charge in [0.2, 0.25) is 0 Å². The van der Waals surface area contributed by atoms with E-state index in [4.69, 9.17) is 5.84 Å². The lowest BCUT2D eigenvalue weighted by Gasteiger charge is -2.21. The largest absolute Gasteiger partial charge is 0.354 e. The van der Waals surface area contributed by atoms with Crippen LogP contribution in [0.3, 0.4) is 0 Å². The number of thiazole rings is 1. The van der Waals surface area contributed by atoms with Crippen molar-refractivity contribution in [1.29, 1.82) is 0 Å². The summed E-state index contributed by atoms with van der Waals surface area (Å²) in [6.07, 6.45) is 3.45. The molecule has 6 nitrogen and oxygen atoms in total. The van der Waals surface area contributed by atoms with Crippen LogP contribution in [-0.2, 0) is 13.0 Å². The third-order valence-electron chi connectivity index (χ3n) is 3.15. The van der Waals surface area contributed by atoms with E-state index in [1.165, 1.54) is 4.88 Å². The molecule has 0 aromatic carbocycles. The van der Waals surface area contributed by atoms with Gasteiger partial charge < -0.3 is 10.3 Å². The normalized spacial score (nSPS) is 10.6. The van der Waals surface area contributed by atoms with E-state index >= 15 is 0 Å². The summed E-state index contributed by atoms with van der Waals surface area (Å²) < 4.78 is 0. The molecule has 3 N–H and O–H groups in total. The lowest BCUT2D eigenvalue weighted by atomic mass is 10.1. The number of nitrogens with one attached hydrogen (secondary N) is 1. The summed E-state index contributed by atoms with van der Waals surface area (Å²) in [5, 5.41) is 0. The lowest BCUT2D eigenvalue weighted by molar-refractivity contribution is 0.845. The standard InChI is InChI=1S/C13H20N6S/c1-4-5-10-12(18-14)15-7-16-13(10)19(3)6-11-9(2)17-8-20-11/h7-8H,4-6,14H2,1-3H3,(H,15,16,18). The van der Waals surface area contributed by atoms with E-state index in [-0.39, 0.29) is 0 Å². The Bertz CT molecular complexity index is 568. The Morgan fingerprint density at radius 3 is 2.75 bits per heavy atom. The van der Waals surface area contributed by atoms with Gasteiger partial charge >= 0.3 is 0 Å². The predicted octanol–water partition coefficient (Wildman–Crippen LogP) is 2.12. The molecule has 108 valence electrons. The molecular formula is C13H20N6S. The zero-order valence-electron chi connectivity index (χ0n) is 12.1. The molecular weight excluding hydrogens is 272 g/mol. The van der Waals surface area contributed by atoms with E-state index in [2.05, 4.69) is 32.2 Å². The Kier molecular flexibility index (Phi) is 4.86. The summed E-state index contributed by atoms with van der Waals surface area (Å²) in [6.45, 7) is 4.94. The zero-order chi connectivity index (χ0) is 14.5. The molecule has 0 radical (unpaired) electrons. The molecule has 2 rings (SSSR count). The van der Waals surface area contributed by atoms with Gasteiger partial charge in [-0.1, -0.05) is 13.3 Å². The number of hydrogen-bond donors (Lipinski definition) is 2. The highest BCUT2D eigenvalue weighted by Gasteiger charge is 2.15. The number of hydrogen-bond acceptors (Lipinski definition) is 7. The lowest BCUT2D eigenvalue weighted by Crippen LogP contribution is -2.21. The third-order valence-corrected chi connectivity index (χ3v) is 4.07. The first kappa shape index (κ1) is 14.7. The summed E-state index contributed by atoms with van der Waals surface area (Å²) in [4.78, 5) is 16.3. The summed E-state index contributed by atoms with van der Waals surface area (Å²) >= 11 is 1.67. The number of rotatable bonds is 6. The van der Waals surface area contributed by atoms with Crippen LogP contribution in [-0.4, -0.2) is 22.0 Å². The van der Waals surface area contributed by atoms with Crippen molar-refractivity contribution in [3.63, 3.8) is 0 Å². The SMILES string of the molecule is CCCc1c(NN)ncnc1N(C)Cc1scnc1C. The van der Waals surface area contributed by atoms with Crippen molar-refractivity contribution >= 4 is 23.0 Å². The molecule has 0 aliphatic carbocycles. The second kappa shape index (κ2) is 6.62. The number of aromatic nitrogens is 3. The number of anilines is 2. The number of nitrogens with zero attached hydrogens (tertiary/aromatic N) is 4. The van der Waals surface area contributed by atoms with Crippen molar-refractivity contribution in [3.8, 4) is 0 Å². The molecule has 0 unspecified atom stereocenters. The number of aryl methyl sites for hydroxylation is 1. The Morgan fingerprint density at radius 2 is 2.15 bits per heavy atom. The van der Waals surface area contributed by atoms with Crippen LogP contribution < -0.4 is 16.2 Å². The maximum Gasteiger partial charge on any atom is 0.148 e. The van der Waals surface area contributed by atoms with E-state index in [0.717, 1.165) is 36.5 Å². The smallest absolute Gasteiger partial charge is 0.148 e. The van der Waals surface area contributed by atoms with Crippen molar-refractivity contribution in [2.45, 2.75) is 33.2 Å². The van der Waals surface area contributed by atoms with Crippen molar-refractivity contribution in [1.82, 2.24) is 15.0 Å². The van der Waals surface area contributed by atoms with Crippen LogP contribution in [0.25, 0.3) is 0 Å². The minimum absolute atomic E-state index is 0.699. The molecule has 0 saturated heterocycles. The van der Waals surface area contributed by atoms with Gasteiger partial charge in [0.25, 0.3) is 0 Å². The van der Waals surface area contributed by atoms with Gasteiger partial charge in [0.05, 0.1) is 17.7 Å². The van der Waals surface area contributed by atoms with Gasteiger partial charge in [-0.05, 0) is 13.3 Å². The molecule has 7 heteroatoms. The first-order chi connectivity index (χ1) is 9.67. The van der Waals surface area contributed by atoms with Crippen LogP contribution in [0, 0.1) is 6.92 Å². The van der Waals surface area contributed by atoms with Gasteiger partial charge in [-0.25, -0.2) is 20.8 Å². The first-order valence-electron chi connectivity index (χ1n) is 6.58. The van der Waals surface area contributed by atoms with Crippen molar-refractivity contribution in [2.24, 2.45) is 5.84 Å². The van der Waals surface area contributed by atoms with Gasteiger partial charge in [0.1, 0.15) is 18.0 Å². The maximum absolute atomic E-state index is 5.54. The third kappa shape index (κ3) is 3.05. The molecule has 0 atom stereocenters. The Balaban J connectivity index is 2.29. The Morgan fingerprint density at radius 1 is 1.35 bits per heavy atom. The molecule has 2 heterocycles. The molecule has 20 heavy (non-hydrogen) atoms. The highest BCUT2D eigenvalue weighted by Crippen LogP contribution is 2.26.